The standard InChI is InChI=1S/C18H22O5/c1-23-16-8-6-13(15(18(21)22)7-9-17(19)20)11-14(16)10-12-4-2-3-5-12/h6,8,10-11,15H,2-5,7,9H2,1H3,(H,19,20)(H,21,22). The summed E-state index contributed by atoms with van der Waals surface area (Å²) in [7, 11) is 1.59. The molecule has 5 nitrogen and oxygen atoms in total. The molecule has 1 unspecified atom stereocenters. The maximum atomic E-state index is 11.5. The highest BCUT2D eigenvalue weighted by Crippen LogP contribution is 2.32. The van der Waals surface area contributed by atoms with Crippen LogP contribution in [-0.4, -0.2) is 29.3 Å². The summed E-state index contributed by atoms with van der Waals surface area (Å²) in [6.45, 7) is 0. The first-order valence-corrected chi connectivity index (χ1v) is 7.83. The van der Waals surface area contributed by atoms with Crippen LogP contribution < -0.4 is 4.74 Å². The number of carbonyl (C=O) groups is 2. The minimum absolute atomic E-state index is 0.0764. The van der Waals surface area contributed by atoms with E-state index < -0.39 is 17.9 Å². The van der Waals surface area contributed by atoms with Gasteiger partial charge in [0.1, 0.15) is 5.75 Å². The van der Waals surface area contributed by atoms with E-state index in [0.29, 0.717) is 11.3 Å². The third-order valence-corrected chi connectivity index (χ3v) is 4.21. The van der Waals surface area contributed by atoms with Crippen LogP contribution in [0.2, 0.25) is 0 Å². The minimum atomic E-state index is -1.00. The van der Waals surface area contributed by atoms with Crippen molar-refractivity contribution < 1.29 is 24.5 Å². The van der Waals surface area contributed by atoms with Crippen LogP contribution in [0.25, 0.3) is 6.08 Å². The molecule has 1 aliphatic carbocycles. The second-order valence-electron chi connectivity index (χ2n) is 5.83. The Morgan fingerprint density at radius 1 is 1.26 bits per heavy atom. The zero-order valence-corrected chi connectivity index (χ0v) is 13.2. The lowest BCUT2D eigenvalue weighted by Crippen LogP contribution is -2.13. The van der Waals surface area contributed by atoms with E-state index in [4.69, 9.17) is 9.84 Å². The molecule has 0 bridgehead atoms. The first-order valence-electron chi connectivity index (χ1n) is 7.83. The molecule has 1 aromatic carbocycles. The average Bonchev–Trinajstić information content (AvgIpc) is 3.00. The molecule has 1 aromatic rings. The van der Waals surface area contributed by atoms with Gasteiger partial charge in [-0.1, -0.05) is 17.7 Å². The maximum absolute atomic E-state index is 11.5. The molecular weight excluding hydrogens is 296 g/mol. The van der Waals surface area contributed by atoms with Gasteiger partial charge < -0.3 is 14.9 Å². The first-order chi connectivity index (χ1) is 11.0. The fourth-order valence-electron chi connectivity index (χ4n) is 2.98. The molecule has 1 aliphatic rings. The van der Waals surface area contributed by atoms with Crippen molar-refractivity contribution >= 4 is 18.0 Å². The number of carboxylic acid groups (broad SMARTS) is 2. The number of carboxylic acids is 2. The van der Waals surface area contributed by atoms with Crippen molar-refractivity contribution in [2.24, 2.45) is 0 Å². The molecule has 0 amide bonds. The molecule has 1 fully saturated rings. The highest BCUT2D eigenvalue weighted by atomic mass is 16.5. The summed E-state index contributed by atoms with van der Waals surface area (Å²) in [4.78, 5) is 22.2. The van der Waals surface area contributed by atoms with E-state index in [9.17, 15) is 14.7 Å². The Bertz CT molecular complexity index is 610. The zero-order chi connectivity index (χ0) is 16.8. The number of rotatable bonds is 7. The normalized spacial score (nSPS) is 15.3. The van der Waals surface area contributed by atoms with Crippen LogP contribution in [0.5, 0.6) is 5.75 Å². The second-order valence-corrected chi connectivity index (χ2v) is 5.83. The summed E-state index contributed by atoms with van der Waals surface area (Å²) in [5.74, 6) is -2.11. The average molecular weight is 318 g/mol. The number of hydrogen-bond donors (Lipinski definition) is 2. The van der Waals surface area contributed by atoms with Gasteiger partial charge in [0.25, 0.3) is 0 Å². The van der Waals surface area contributed by atoms with Crippen LogP contribution in [0.3, 0.4) is 0 Å². The van der Waals surface area contributed by atoms with Gasteiger partial charge in [-0.3, -0.25) is 9.59 Å². The van der Waals surface area contributed by atoms with Gasteiger partial charge in [0.2, 0.25) is 0 Å². The predicted molar refractivity (Wildman–Crippen MR) is 86.7 cm³/mol. The third-order valence-electron chi connectivity index (χ3n) is 4.21. The Kier molecular flexibility index (Phi) is 5.79. The fourth-order valence-corrected chi connectivity index (χ4v) is 2.98. The molecule has 0 spiro atoms. The van der Waals surface area contributed by atoms with Gasteiger partial charge in [-0.15, -0.1) is 0 Å². The van der Waals surface area contributed by atoms with Gasteiger partial charge in [0, 0.05) is 12.0 Å². The predicted octanol–water partition coefficient (Wildman–Crippen LogP) is 3.69. The molecule has 5 heteroatoms. The smallest absolute Gasteiger partial charge is 0.310 e. The Morgan fingerprint density at radius 3 is 2.52 bits per heavy atom. The van der Waals surface area contributed by atoms with E-state index in [-0.39, 0.29) is 12.8 Å². The van der Waals surface area contributed by atoms with Crippen LogP contribution in [0, 0.1) is 0 Å². The van der Waals surface area contributed by atoms with Gasteiger partial charge in [0.15, 0.2) is 0 Å². The molecule has 0 aromatic heterocycles. The molecule has 23 heavy (non-hydrogen) atoms. The van der Waals surface area contributed by atoms with E-state index in [0.717, 1.165) is 18.4 Å². The van der Waals surface area contributed by atoms with E-state index in [1.54, 1.807) is 19.2 Å². The number of allylic oxidation sites excluding steroid dienone is 1. The number of aliphatic carboxylic acids is 2. The third kappa shape index (κ3) is 4.58. The molecule has 0 aliphatic heterocycles. The van der Waals surface area contributed by atoms with Crippen LogP contribution >= 0.6 is 0 Å². The van der Waals surface area contributed by atoms with E-state index in [1.165, 1.54) is 18.4 Å². The molecule has 0 radical (unpaired) electrons. The van der Waals surface area contributed by atoms with Crippen LogP contribution in [-0.2, 0) is 9.59 Å². The molecular formula is C18H22O5. The Labute approximate surface area is 135 Å². The summed E-state index contributed by atoms with van der Waals surface area (Å²) in [5.41, 5.74) is 2.82. The Morgan fingerprint density at radius 2 is 1.96 bits per heavy atom. The molecule has 1 atom stereocenters. The lowest BCUT2D eigenvalue weighted by Gasteiger charge is -2.14. The van der Waals surface area contributed by atoms with Gasteiger partial charge in [-0.05, 0) is 49.8 Å². The summed E-state index contributed by atoms with van der Waals surface area (Å²) in [6, 6.07) is 5.27. The topological polar surface area (TPSA) is 83.8 Å². The van der Waals surface area contributed by atoms with Crippen LogP contribution in [0.1, 0.15) is 55.6 Å². The van der Waals surface area contributed by atoms with Gasteiger partial charge in [-0.25, -0.2) is 0 Å². The molecule has 124 valence electrons. The van der Waals surface area contributed by atoms with Crippen LogP contribution in [0.15, 0.2) is 23.8 Å². The van der Waals surface area contributed by atoms with Crippen LogP contribution in [0.4, 0.5) is 0 Å². The van der Waals surface area contributed by atoms with Crippen molar-refractivity contribution in [2.45, 2.75) is 44.4 Å². The molecule has 2 N–H and O–H groups in total. The summed E-state index contributed by atoms with van der Waals surface area (Å²) >= 11 is 0. The maximum Gasteiger partial charge on any atom is 0.310 e. The highest BCUT2D eigenvalue weighted by Gasteiger charge is 2.22. The van der Waals surface area contributed by atoms with Crippen molar-refractivity contribution in [2.75, 3.05) is 7.11 Å². The summed E-state index contributed by atoms with van der Waals surface area (Å²) in [5, 5.41) is 18.2. The van der Waals surface area contributed by atoms with E-state index in [1.807, 2.05) is 6.07 Å². The number of benzene rings is 1. The van der Waals surface area contributed by atoms with Gasteiger partial charge in [0.05, 0.1) is 13.0 Å². The minimum Gasteiger partial charge on any atom is -0.496 e. The van der Waals surface area contributed by atoms with Crippen molar-refractivity contribution in [3.63, 3.8) is 0 Å². The van der Waals surface area contributed by atoms with E-state index >= 15 is 0 Å². The lowest BCUT2D eigenvalue weighted by atomic mass is 9.92. The number of hydrogen-bond acceptors (Lipinski definition) is 3. The monoisotopic (exact) mass is 318 g/mol. The molecule has 0 saturated heterocycles. The molecule has 1 saturated carbocycles. The largest absolute Gasteiger partial charge is 0.496 e. The zero-order valence-electron chi connectivity index (χ0n) is 13.2. The quantitative estimate of drug-likeness (QED) is 0.801. The summed E-state index contributed by atoms with van der Waals surface area (Å²) in [6.07, 6.45) is 6.48. The number of methoxy groups -OCH3 is 1. The second kappa shape index (κ2) is 7.81. The SMILES string of the molecule is COc1ccc(C(CCC(=O)O)C(=O)O)cc1C=C1CCCC1. The molecule has 0 heterocycles. The van der Waals surface area contributed by atoms with Crippen molar-refractivity contribution in [3.8, 4) is 5.75 Å². The lowest BCUT2D eigenvalue weighted by molar-refractivity contribution is -0.140. The fraction of sp³-hybridized carbons (Fsp3) is 0.444. The summed E-state index contributed by atoms with van der Waals surface area (Å²) < 4.78 is 5.36. The van der Waals surface area contributed by atoms with Crippen molar-refractivity contribution in [1.82, 2.24) is 0 Å². The highest BCUT2D eigenvalue weighted by molar-refractivity contribution is 5.78. The van der Waals surface area contributed by atoms with Gasteiger partial charge in [-0.2, -0.15) is 0 Å². The first kappa shape index (κ1) is 17.1. The van der Waals surface area contributed by atoms with Gasteiger partial charge >= 0.3 is 11.9 Å². The van der Waals surface area contributed by atoms with Crippen molar-refractivity contribution in [1.29, 1.82) is 0 Å². The Balaban J connectivity index is 2.32. The van der Waals surface area contributed by atoms with E-state index in [2.05, 4.69) is 6.08 Å². The van der Waals surface area contributed by atoms with Crippen molar-refractivity contribution in [3.05, 3.63) is 34.9 Å². The number of ether oxygens (including phenoxy) is 1. The molecule has 2 rings (SSSR count). The Hall–Kier alpha value is -2.30.